The van der Waals surface area contributed by atoms with E-state index < -0.39 is 5.60 Å². The molecule has 0 saturated heterocycles. The van der Waals surface area contributed by atoms with Crippen LogP contribution in [0.15, 0.2) is 48.8 Å². The highest BCUT2D eigenvalue weighted by Gasteiger charge is 2.28. The molecule has 1 amide bonds. The number of pyridine rings is 1. The van der Waals surface area contributed by atoms with Gasteiger partial charge in [-0.2, -0.15) is 0 Å². The second kappa shape index (κ2) is 7.72. The van der Waals surface area contributed by atoms with Crippen LogP contribution in [0.5, 0.6) is 5.75 Å². The molecule has 0 fully saturated rings. The summed E-state index contributed by atoms with van der Waals surface area (Å²) in [5.74, 6) is 1.62. The van der Waals surface area contributed by atoms with E-state index >= 15 is 0 Å². The van der Waals surface area contributed by atoms with E-state index in [1.165, 1.54) is 0 Å². The number of anilines is 2. The van der Waals surface area contributed by atoms with Crippen LogP contribution in [0, 0.1) is 0 Å². The van der Waals surface area contributed by atoms with Crippen LogP contribution in [0.3, 0.4) is 0 Å². The summed E-state index contributed by atoms with van der Waals surface area (Å²) in [6.45, 7) is 3.84. The first-order valence-electron chi connectivity index (χ1n) is 9.59. The van der Waals surface area contributed by atoms with Gasteiger partial charge in [0.05, 0.1) is 37.8 Å². The normalized spacial score (nSPS) is 13.6. The number of hydrogen-bond donors (Lipinski definition) is 2. The quantitative estimate of drug-likeness (QED) is 0.673. The summed E-state index contributed by atoms with van der Waals surface area (Å²) in [4.78, 5) is 27.8. The fourth-order valence-electron chi connectivity index (χ4n) is 3.28. The first-order chi connectivity index (χ1) is 14.4. The van der Waals surface area contributed by atoms with E-state index in [9.17, 15) is 9.90 Å². The fourth-order valence-corrected chi connectivity index (χ4v) is 3.28. The van der Waals surface area contributed by atoms with Crippen LogP contribution >= 0.6 is 0 Å². The number of hydrogen-bond acceptors (Lipinski definition) is 7. The molecular weight excluding hydrogens is 382 g/mol. The van der Waals surface area contributed by atoms with Crippen LogP contribution in [-0.4, -0.2) is 39.6 Å². The van der Waals surface area contributed by atoms with Gasteiger partial charge in [-0.3, -0.25) is 14.7 Å². The predicted octanol–water partition coefficient (Wildman–Crippen LogP) is 2.73. The highest BCUT2D eigenvalue weighted by atomic mass is 16.5. The van der Waals surface area contributed by atoms with Crippen molar-refractivity contribution in [3.8, 4) is 17.0 Å². The van der Waals surface area contributed by atoms with E-state index in [-0.39, 0.29) is 12.5 Å². The Bertz CT molecular complexity index is 1080. The van der Waals surface area contributed by atoms with Crippen molar-refractivity contribution in [2.45, 2.75) is 26.0 Å². The van der Waals surface area contributed by atoms with E-state index in [1.54, 1.807) is 44.3 Å². The van der Waals surface area contributed by atoms with E-state index in [1.807, 2.05) is 30.3 Å². The van der Waals surface area contributed by atoms with Crippen LogP contribution < -0.4 is 15.0 Å². The lowest BCUT2D eigenvalue weighted by Gasteiger charge is -2.29. The third kappa shape index (κ3) is 3.81. The zero-order valence-electron chi connectivity index (χ0n) is 17.1. The molecule has 2 N–H and O–H groups in total. The van der Waals surface area contributed by atoms with Gasteiger partial charge in [-0.1, -0.05) is 18.2 Å². The Balaban J connectivity index is 1.70. The number of ether oxygens (including phenoxy) is 1. The molecule has 0 aliphatic carbocycles. The summed E-state index contributed by atoms with van der Waals surface area (Å²) < 4.78 is 5.42. The molecule has 0 unspecified atom stereocenters. The minimum absolute atomic E-state index is 0.102. The molecule has 1 aliphatic heterocycles. The van der Waals surface area contributed by atoms with Gasteiger partial charge in [-0.15, -0.1) is 0 Å². The molecule has 0 atom stereocenters. The van der Waals surface area contributed by atoms with Crippen LogP contribution in [0.4, 0.5) is 11.6 Å². The van der Waals surface area contributed by atoms with Gasteiger partial charge in [0.2, 0.25) is 5.91 Å². The van der Waals surface area contributed by atoms with Crippen molar-refractivity contribution in [1.29, 1.82) is 0 Å². The van der Waals surface area contributed by atoms with Crippen LogP contribution in [0.1, 0.15) is 25.1 Å². The number of fused-ring (bicyclic) bond motifs is 1. The standard InChI is InChI=1S/C22H23N5O3/c1-22(2,29)18-9-8-14(10-23-18)16-11-24-20-21(26-16)27(19(28)12-25-20)13-15-6-4-5-7-17(15)30-3/h4-11,29H,12-13H2,1-3H3,(H,24,25). The van der Waals surface area contributed by atoms with Crippen molar-refractivity contribution in [2.24, 2.45) is 0 Å². The molecule has 30 heavy (non-hydrogen) atoms. The minimum atomic E-state index is -1.03. The summed E-state index contributed by atoms with van der Waals surface area (Å²) in [7, 11) is 1.61. The van der Waals surface area contributed by atoms with Crippen LogP contribution in [0.2, 0.25) is 0 Å². The number of methoxy groups -OCH3 is 1. The van der Waals surface area contributed by atoms with Gasteiger partial charge >= 0.3 is 0 Å². The number of benzene rings is 1. The topological polar surface area (TPSA) is 100 Å². The molecule has 4 rings (SSSR count). The van der Waals surface area contributed by atoms with Crippen molar-refractivity contribution >= 4 is 17.5 Å². The number of carbonyl (C=O) groups excluding carboxylic acids is 1. The molecule has 2 aromatic heterocycles. The largest absolute Gasteiger partial charge is 0.496 e. The number of carbonyl (C=O) groups is 1. The Kier molecular flexibility index (Phi) is 5.09. The van der Waals surface area contributed by atoms with E-state index in [4.69, 9.17) is 9.72 Å². The van der Waals surface area contributed by atoms with Gasteiger partial charge in [0.15, 0.2) is 11.6 Å². The minimum Gasteiger partial charge on any atom is -0.496 e. The number of rotatable bonds is 5. The van der Waals surface area contributed by atoms with Gasteiger partial charge in [-0.25, -0.2) is 9.97 Å². The van der Waals surface area contributed by atoms with Gasteiger partial charge < -0.3 is 15.2 Å². The van der Waals surface area contributed by atoms with Crippen LogP contribution in [-0.2, 0) is 16.9 Å². The van der Waals surface area contributed by atoms with Gasteiger partial charge in [0.25, 0.3) is 0 Å². The summed E-state index contributed by atoms with van der Waals surface area (Å²) in [5, 5.41) is 13.1. The monoisotopic (exact) mass is 405 g/mol. The van der Waals surface area contributed by atoms with Crippen molar-refractivity contribution < 1.29 is 14.6 Å². The summed E-state index contributed by atoms with van der Waals surface area (Å²) in [6, 6.07) is 11.2. The lowest BCUT2D eigenvalue weighted by Crippen LogP contribution is -2.40. The van der Waals surface area contributed by atoms with Crippen LogP contribution in [0.25, 0.3) is 11.3 Å². The highest BCUT2D eigenvalue weighted by Crippen LogP contribution is 2.31. The highest BCUT2D eigenvalue weighted by molar-refractivity contribution is 6.00. The van der Waals surface area contributed by atoms with Crippen molar-refractivity contribution in [3.63, 3.8) is 0 Å². The first kappa shape index (κ1) is 19.8. The Labute approximate surface area is 174 Å². The second-order valence-corrected chi connectivity index (χ2v) is 7.56. The van der Waals surface area contributed by atoms with E-state index in [2.05, 4.69) is 15.3 Å². The molecule has 0 saturated carbocycles. The number of amides is 1. The summed E-state index contributed by atoms with van der Waals surface area (Å²) >= 11 is 0. The summed E-state index contributed by atoms with van der Waals surface area (Å²) in [5.41, 5.74) is 1.75. The zero-order chi connectivity index (χ0) is 21.3. The third-order valence-electron chi connectivity index (χ3n) is 4.92. The van der Waals surface area contributed by atoms with Gasteiger partial charge in [0, 0.05) is 17.3 Å². The maximum atomic E-state index is 12.7. The van der Waals surface area contributed by atoms with E-state index in [0.29, 0.717) is 35.3 Å². The van der Waals surface area contributed by atoms with Crippen molar-refractivity contribution in [2.75, 3.05) is 23.9 Å². The molecule has 1 aromatic carbocycles. The average Bonchev–Trinajstić information content (AvgIpc) is 2.75. The van der Waals surface area contributed by atoms with E-state index in [0.717, 1.165) is 11.1 Å². The van der Waals surface area contributed by atoms with Gasteiger partial charge in [0.1, 0.15) is 11.4 Å². The Hall–Kier alpha value is -3.52. The Morgan fingerprint density at radius 2 is 1.97 bits per heavy atom. The first-order valence-corrected chi connectivity index (χ1v) is 9.59. The Morgan fingerprint density at radius 1 is 1.17 bits per heavy atom. The predicted molar refractivity (Wildman–Crippen MR) is 113 cm³/mol. The van der Waals surface area contributed by atoms with Crippen molar-refractivity contribution in [1.82, 2.24) is 15.0 Å². The Morgan fingerprint density at radius 3 is 2.67 bits per heavy atom. The smallest absolute Gasteiger partial charge is 0.247 e. The number of para-hydroxylation sites is 1. The molecule has 0 radical (unpaired) electrons. The number of aromatic nitrogens is 3. The lowest BCUT2D eigenvalue weighted by molar-refractivity contribution is -0.117. The molecule has 1 aliphatic rings. The molecule has 0 bridgehead atoms. The molecule has 8 nitrogen and oxygen atoms in total. The zero-order valence-corrected chi connectivity index (χ0v) is 17.1. The number of aliphatic hydroxyl groups is 1. The fraction of sp³-hybridized carbons (Fsp3) is 0.273. The molecule has 3 heterocycles. The molecule has 0 spiro atoms. The van der Waals surface area contributed by atoms with Gasteiger partial charge in [-0.05, 0) is 32.0 Å². The second-order valence-electron chi connectivity index (χ2n) is 7.56. The maximum absolute atomic E-state index is 12.7. The number of nitrogens with one attached hydrogen (secondary N) is 1. The molecular formula is C22H23N5O3. The SMILES string of the molecule is COc1ccccc1CN1C(=O)CNc2ncc(-c3ccc(C(C)(C)O)nc3)nc21. The summed E-state index contributed by atoms with van der Waals surface area (Å²) in [6.07, 6.45) is 3.29. The van der Waals surface area contributed by atoms with Crippen molar-refractivity contribution in [3.05, 3.63) is 60.0 Å². The number of nitrogens with zero attached hydrogens (tertiary/aromatic N) is 4. The molecule has 8 heteroatoms. The maximum Gasteiger partial charge on any atom is 0.247 e. The lowest BCUT2D eigenvalue weighted by atomic mass is 10.0. The average molecular weight is 405 g/mol. The molecule has 3 aromatic rings. The molecule has 154 valence electrons. The third-order valence-corrected chi connectivity index (χ3v) is 4.92.